The zero-order chi connectivity index (χ0) is 13.7. The third kappa shape index (κ3) is 4.04. The van der Waals surface area contributed by atoms with Crippen molar-refractivity contribution in [3.63, 3.8) is 0 Å². The van der Waals surface area contributed by atoms with Gasteiger partial charge in [-0.05, 0) is 18.1 Å². The van der Waals surface area contributed by atoms with E-state index < -0.39 is 4.92 Å². The first kappa shape index (κ1) is 15.1. The van der Waals surface area contributed by atoms with Crippen molar-refractivity contribution < 1.29 is 10.0 Å². The molecule has 1 aromatic rings. The Morgan fingerprint density at radius 3 is 2.67 bits per heavy atom. The molecule has 2 N–H and O–H groups in total. The number of halogens is 1. The van der Waals surface area contributed by atoms with Crippen molar-refractivity contribution in [2.45, 2.75) is 26.4 Å². The average Bonchev–Trinajstić information content (AvgIpc) is 2.29. The highest BCUT2D eigenvalue weighted by molar-refractivity contribution is 9.10. The lowest BCUT2D eigenvalue weighted by molar-refractivity contribution is -0.385. The summed E-state index contributed by atoms with van der Waals surface area (Å²) in [5.74, 6) is 0.265. The summed E-state index contributed by atoms with van der Waals surface area (Å²) in [7, 11) is 0. The van der Waals surface area contributed by atoms with Crippen LogP contribution in [-0.2, 0) is 6.54 Å². The number of aliphatic hydroxyl groups is 1. The maximum atomic E-state index is 10.9. The van der Waals surface area contributed by atoms with Gasteiger partial charge < -0.3 is 10.4 Å². The molecule has 0 spiro atoms. The maximum absolute atomic E-state index is 10.9. The summed E-state index contributed by atoms with van der Waals surface area (Å²) >= 11 is 3.30. The van der Waals surface area contributed by atoms with Crippen molar-refractivity contribution in [1.29, 1.82) is 0 Å². The summed E-state index contributed by atoms with van der Waals surface area (Å²) in [5, 5.41) is 23.2. The predicted molar refractivity (Wildman–Crippen MR) is 73.3 cm³/mol. The number of nitrogens with zero attached hydrogens (tertiary/aromatic N) is 1. The lowest BCUT2D eigenvalue weighted by Gasteiger charge is -2.19. The summed E-state index contributed by atoms with van der Waals surface area (Å²) < 4.78 is 0.801. The number of hydrogen-bond donors (Lipinski definition) is 2. The molecule has 0 radical (unpaired) electrons. The van der Waals surface area contributed by atoms with Crippen LogP contribution >= 0.6 is 15.9 Å². The van der Waals surface area contributed by atoms with Crippen LogP contribution in [0.5, 0.6) is 0 Å². The molecular formula is C12H17BrN2O3. The number of benzene rings is 1. The van der Waals surface area contributed by atoms with Crippen LogP contribution in [-0.4, -0.2) is 22.7 Å². The first-order valence-corrected chi connectivity index (χ1v) is 6.52. The Hall–Kier alpha value is -0.980. The monoisotopic (exact) mass is 316 g/mol. The Bertz CT molecular complexity index is 424. The van der Waals surface area contributed by atoms with E-state index in [1.54, 1.807) is 12.1 Å². The van der Waals surface area contributed by atoms with Gasteiger partial charge in [-0.25, -0.2) is 0 Å². The van der Waals surface area contributed by atoms with Crippen LogP contribution < -0.4 is 5.32 Å². The van der Waals surface area contributed by atoms with Crippen LogP contribution in [0.25, 0.3) is 0 Å². The third-order valence-corrected chi connectivity index (χ3v) is 3.29. The van der Waals surface area contributed by atoms with Gasteiger partial charge in [0.2, 0.25) is 0 Å². The largest absolute Gasteiger partial charge is 0.395 e. The van der Waals surface area contributed by atoms with E-state index in [1.165, 1.54) is 6.07 Å². The fourth-order valence-corrected chi connectivity index (χ4v) is 2.03. The van der Waals surface area contributed by atoms with Gasteiger partial charge in [0.25, 0.3) is 5.69 Å². The van der Waals surface area contributed by atoms with Crippen molar-refractivity contribution in [1.82, 2.24) is 5.32 Å². The number of nitro groups is 1. The molecule has 100 valence electrons. The van der Waals surface area contributed by atoms with E-state index in [0.29, 0.717) is 12.1 Å². The number of hydrogen-bond acceptors (Lipinski definition) is 4. The second-order valence-electron chi connectivity index (χ2n) is 4.44. The molecule has 1 atom stereocenters. The van der Waals surface area contributed by atoms with Crippen LogP contribution in [0.15, 0.2) is 22.7 Å². The van der Waals surface area contributed by atoms with E-state index >= 15 is 0 Å². The summed E-state index contributed by atoms with van der Waals surface area (Å²) in [5.41, 5.74) is 0.694. The summed E-state index contributed by atoms with van der Waals surface area (Å²) in [6, 6.07) is 4.78. The Kier molecular flexibility index (Phi) is 5.71. The number of rotatable bonds is 6. The zero-order valence-corrected chi connectivity index (χ0v) is 12.0. The van der Waals surface area contributed by atoms with Crippen LogP contribution in [0.3, 0.4) is 0 Å². The fourth-order valence-electron chi connectivity index (χ4n) is 1.63. The van der Waals surface area contributed by atoms with Gasteiger partial charge in [-0.1, -0.05) is 29.8 Å². The van der Waals surface area contributed by atoms with Crippen molar-refractivity contribution >= 4 is 21.6 Å². The summed E-state index contributed by atoms with van der Waals surface area (Å²) in [4.78, 5) is 10.5. The van der Waals surface area contributed by atoms with Gasteiger partial charge in [0.15, 0.2) is 0 Å². The number of nitrogens with one attached hydrogen (secondary N) is 1. The minimum atomic E-state index is -0.396. The minimum Gasteiger partial charge on any atom is -0.395 e. The maximum Gasteiger partial charge on any atom is 0.273 e. The predicted octanol–water partition coefficient (Wildman–Crippen LogP) is 2.46. The molecule has 5 nitrogen and oxygen atoms in total. The van der Waals surface area contributed by atoms with Gasteiger partial charge >= 0.3 is 0 Å². The van der Waals surface area contributed by atoms with E-state index in [9.17, 15) is 15.2 Å². The molecule has 0 fully saturated rings. The highest BCUT2D eigenvalue weighted by atomic mass is 79.9. The van der Waals surface area contributed by atoms with Crippen molar-refractivity contribution in [3.8, 4) is 0 Å². The Morgan fingerprint density at radius 1 is 1.50 bits per heavy atom. The van der Waals surface area contributed by atoms with Crippen molar-refractivity contribution in [2.24, 2.45) is 5.92 Å². The molecule has 0 saturated heterocycles. The van der Waals surface area contributed by atoms with Gasteiger partial charge in [0.05, 0.1) is 11.5 Å². The number of nitro benzene ring substituents is 1. The Balaban J connectivity index is 2.83. The summed E-state index contributed by atoms with van der Waals surface area (Å²) in [6.45, 7) is 4.35. The van der Waals surface area contributed by atoms with Gasteiger partial charge in [-0.15, -0.1) is 0 Å². The molecule has 0 aliphatic rings. The molecule has 0 aliphatic carbocycles. The van der Waals surface area contributed by atoms with E-state index in [1.807, 2.05) is 13.8 Å². The normalized spacial score (nSPS) is 12.7. The molecule has 1 rings (SSSR count). The van der Waals surface area contributed by atoms with Gasteiger partial charge in [0.1, 0.15) is 0 Å². The van der Waals surface area contributed by atoms with Crippen LogP contribution in [0.2, 0.25) is 0 Å². The van der Waals surface area contributed by atoms with E-state index in [4.69, 9.17) is 0 Å². The highest BCUT2D eigenvalue weighted by Gasteiger charge is 2.16. The molecule has 6 heteroatoms. The zero-order valence-electron chi connectivity index (χ0n) is 10.4. The molecular weight excluding hydrogens is 300 g/mol. The first-order chi connectivity index (χ1) is 8.45. The smallest absolute Gasteiger partial charge is 0.273 e. The molecule has 0 saturated carbocycles. The SMILES string of the molecule is CC(C)[C@@H](CO)NCc1cc(Br)ccc1[N+](=O)[O-]. The molecule has 1 aromatic carbocycles. The van der Waals surface area contributed by atoms with Crippen LogP contribution in [0, 0.1) is 16.0 Å². The first-order valence-electron chi connectivity index (χ1n) is 5.72. The Labute approximate surface area is 114 Å². The summed E-state index contributed by atoms with van der Waals surface area (Å²) in [6.07, 6.45) is 0. The fraction of sp³-hybridized carbons (Fsp3) is 0.500. The third-order valence-electron chi connectivity index (χ3n) is 2.79. The van der Waals surface area contributed by atoms with Crippen LogP contribution in [0.1, 0.15) is 19.4 Å². The lowest BCUT2D eigenvalue weighted by atomic mass is 10.0. The van der Waals surface area contributed by atoms with Crippen LogP contribution in [0.4, 0.5) is 5.69 Å². The molecule has 0 bridgehead atoms. The molecule has 18 heavy (non-hydrogen) atoms. The van der Waals surface area contributed by atoms with E-state index in [0.717, 1.165) is 4.47 Å². The molecule has 0 amide bonds. The second-order valence-corrected chi connectivity index (χ2v) is 5.36. The topological polar surface area (TPSA) is 75.4 Å². The molecule has 0 aliphatic heterocycles. The lowest BCUT2D eigenvalue weighted by Crippen LogP contribution is -2.36. The Morgan fingerprint density at radius 2 is 2.17 bits per heavy atom. The van der Waals surface area contributed by atoms with E-state index in [2.05, 4.69) is 21.2 Å². The highest BCUT2D eigenvalue weighted by Crippen LogP contribution is 2.23. The van der Waals surface area contributed by atoms with Crippen molar-refractivity contribution in [3.05, 3.63) is 38.3 Å². The molecule has 0 heterocycles. The average molecular weight is 317 g/mol. The second kappa shape index (κ2) is 6.82. The van der Waals surface area contributed by atoms with Gasteiger partial charge in [0, 0.05) is 28.7 Å². The van der Waals surface area contributed by atoms with Crippen molar-refractivity contribution in [2.75, 3.05) is 6.61 Å². The molecule has 0 unspecified atom stereocenters. The molecule has 0 aromatic heterocycles. The standard InChI is InChI=1S/C12H17BrN2O3/c1-8(2)11(7-16)14-6-9-5-10(13)3-4-12(9)15(17)18/h3-5,8,11,14,16H,6-7H2,1-2H3/t11-/m1/s1. The van der Waals surface area contributed by atoms with Gasteiger partial charge in [-0.3, -0.25) is 10.1 Å². The van der Waals surface area contributed by atoms with E-state index in [-0.39, 0.29) is 24.3 Å². The minimum absolute atomic E-state index is 0.0134. The number of aliphatic hydroxyl groups excluding tert-OH is 1. The quantitative estimate of drug-likeness (QED) is 0.624. The van der Waals surface area contributed by atoms with Gasteiger partial charge in [-0.2, -0.15) is 0 Å².